The average molecular weight is 425 g/mol. The minimum Gasteiger partial charge on any atom is -0.357 e. The normalized spacial score (nSPS) is 19.3. The second-order valence-electron chi connectivity index (χ2n) is 6.64. The summed E-state index contributed by atoms with van der Waals surface area (Å²) in [5.74, 6) is 0.982. The molecule has 23 heavy (non-hydrogen) atoms. The van der Waals surface area contributed by atoms with Gasteiger partial charge in [0.05, 0.1) is 0 Å². The second kappa shape index (κ2) is 8.71. The number of guanidine groups is 1. The minimum atomic E-state index is 0. The Bertz CT molecular complexity index is 527. The molecule has 0 saturated heterocycles. The summed E-state index contributed by atoms with van der Waals surface area (Å²) in [6, 6.07) is 11.3. The lowest BCUT2D eigenvalue weighted by Crippen LogP contribution is -2.42. The van der Waals surface area contributed by atoms with Crippen molar-refractivity contribution in [2.75, 3.05) is 13.1 Å². The molecule has 1 aromatic rings. The third-order valence-corrected chi connectivity index (χ3v) is 4.64. The number of rotatable bonds is 6. The summed E-state index contributed by atoms with van der Waals surface area (Å²) in [5, 5.41) is 6.94. The summed E-state index contributed by atoms with van der Waals surface area (Å²) < 4.78 is 0. The van der Waals surface area contributed by atoms with Gasteiger partial charge in [-0.05, 0) is 50.0 Å². The fourth-order valence-electron chi connectivity index (χ4n) is 3.09. The monoisotopic (exact) mass is 425 g/mol. The van der Waals surface area contributed by atoms with E-state index in [-0.39, 0.29) is 24.0 Å². The number of benzene rings is 1. The Hall–Kier alpha value is -1.04. The molecule has 1 saturated carbocycles. The number of nitrogens with zero attached hydrogens (tertiary/aromatic N) is 1. The van der Waals surface area contributed by atoms with Gasteiger partial charge in [0.25, 0.3) is 0 Å². The smallest absolute Gasteiger partial charge is 0.191 e. The summed E-state index contributed by atoms with van der Waals surface area (Å²) >= 11 is 0. The standard InChI is InChI=1S/C19H27N3.HI/c1-2-20-18(22-17-10-6-7-11-17)21-15-19(12-13-19)14-16-8-4-3-5-9-16;/h3-9,17H,2,10-15H2,1H3,(H2,20,21,22);1H. The average Bonchev–Trinajstić information content (AvgIpc) is 3.09. The molecule has 4 heteroatoms. The van der Waals surface area contributed by atoms with E-state index < -0.39 is 0 Å². The molecular weight excluding hydrogens is 397 g/mol. The van der Waals surface area contributed by atoms with E-state index in [4.69, 9.17) is 4.99 Å². The largest absolute Gasteiger partial charge is 0.357 e. The van der Waals surface area contributed by atoms with Crippen molar-refractivity contribution in [1.29, 1.82) is 0 Å². The Morgan fingerprint density at radius 2 is 1.87 bits per heavy atom. The molecule has 0 heterocycles. The van der Waals surface area contributed by atoms with Crippen LogP contribution in [0, 0.1) is 5.41 Å². The molecule has 0 unspecified atom stereocenters. The van der Waals surface area contributed by atoms with Crippen molar-refractivity contribution in [1.82, 2.24) is 10.6 Å². The maximum absolute atomic E-state index is 4.87. The summed E-state index contributed by atoms with van der Waals surface area (Å²) in [6.07, 6.45) is 10.5. The Labute approximate surface area is 157 Å². The topological polar surface area (TPSA) is 36.4 Å². The van der Waals surface area contributed by atoms with Gasteiger partial charge >= 0.3 is 0 Å². The molecule has 1 fully saturated rings. The molecule has 0 aromatic heterocycles. The molecule has 1 aromatic carbocycles. The fourth-order valence-corrected chi connectivity index (χ4v) is 3.09. The predicted octanol–water partition coefficient (Wildman–Crippen LogP) is 3.90. The molecule has 126 valence electrons. The Balaban J connectivity index is 0.00000192. The van der Waals surface area contributed by atoms with Gasteiger partial charge in [-0.3, -0.25) is 4.99 Å². The summed E-state index contributed by atoms with van der Waals surface area (Å²) in [6.45, 7) is 3.97. The van der Waals surface area contributed by atoms with Gasteiger partial charge in [0, 0.05) is 19.1 Å². The number of nitrogens with one attached hydrogen (secondary N) is 2. The highest BCUT2D eigenvalue weighted by atomic mass is 127. The third-order valence-electron chi connectivity index (χ3n) is 4.64. The van der Waals surface area contributed by atoms with Gasteiger partial charge in [0.1, 0.15) is 0 Å². The zero-order valence-electron chi connectivity index (χ0n) is 13.9. The third kappa shape index (κ3) is 5.52. The molecule has 0 spiro atoms. The molecule has 2 aliphatic carbocycles. The van der Waals surface area contributed by atoms with Gasteiger partial charge in [0.2, 0.25) is 0 Å². The number of hydrogen-bond acceptors (Lipinski definition) is 1. The lowest BCUT2D eigenvalue weighted by atomic mass is 9.97. The van der Waals surface area contributed by atoms with Gasteiger partial charge in [-0.25, -0.2) is 0 Å². The highest BCUT2D eigenvalue weighted by Crippen LogP contribution is 2.48. The Morgan fingerprint density at radius 1 is 1.17 bits per heavy atom. The molecule has 0 aliphatic heterocycles. The molecule has 0 amide bonds. The van der Waals surface area contributed by atoms with Crippen LogP contribution in [0.4, 0.5) is 0 Å². The highest BCUT2D eigenvalue weighted by molar-refractivity contribution is 14.0. The van der Waals surface area contributed by atoms with Crippen LogP contribution >= 0.6 is 24.0 Å². The number of hydrogen-bond donors (Lipinski definition) is 2. The van der Waals surface area contributed by atoms with Gasteiger partial charge < -0.3 is 10.6 Å². The predicted molar refractivity (Wildman–Crippen MR) is 109 cm³/mol. The van der Waals surface area contributed by atoms with Gasteiger partial charge in [0.15, 0.2) is 5.96 Å². The zero-order chi connectivity index (χ0) is 15.3. The quantitative estimate of drug-likeness (QED) is 0.314. The number of aliphatic imine (C=N–C) groups is 1. The van der Waals surface area contributed by atoms with Crippen molar-refractivity contribution >= 4 is 29.9 Å². The highest BCUT2D eigenvalue weighted by Gasteiger charge is 2.42. The van der Waals surface area contributed by atoms with Crippen LogP contribution in [0.5, 0.6) is 0 Å². The van der Waals surface area contributed by atoms with Crippen molar-refractivity contribution in [2.45, 2.75) is 45.1 Å². The van der Waals surface area contributed by atoms with Gasteiger partial charge in [-0.2, -0.15) is 0 Å². The molecule has 3 rings (SSSR count). The molecule has 0 radical (unpaired) electrons. The first-order chi connectivity index (χ1) is 10.8. The van der Waals surface area contributed by atoms with Crippen molar-refractivity contribution in [3.8, 4) is 0 Å². The first-order valence-electron chi connectivity index (χ1n) is 8.53. The molecule has 2 aliphatic rings. The van der Waals surface area contributed by atoms with E-state index in [0.29, 0.717) is 11.5 Å². The van der Waals surface area contributed by atoms with E-state index in [1.165, 1.54) is 18.4 Å². The lowest BCUT2D eigenvalue weighted by molar-refractivity contribution is 0.517. The van der Waals surface area contributed by atoms with Crippen molar-refractivity contribution in [3.63, 3.8) is 0 Å². The second-order valence-corrected chi connectivity index (χ2v) is 6.64. The SMILES string of the molecule is CCNC(=NCC1(Cc2ccccc2)CC1)NC1CC=CC1.I. The van der Waals surface area contributed by atoms with Crippen LogP contribution in [0.1, 0.15) is 38.2 Å². The van der Waals surface area contributed by atoms with E-state index in [1.54, 1.807) is 0 Å². The van der Waals surface area contributed by atoms with E-state index in [2.05, 4.69) is 60.0 Å². The van der Waals surface area contributed by atoms with Crippen molar-refractivity contribution < 1.29 is 0 Å². The van der Waals surface area contributed by atoms with Crippen LogP contribution in [-0.2, 0) is 6.42 Å². The van der Waals surface area contributed by atoms with Crippen molar-refractivity contribution in [2.24, 2.45) is 10.4 Å². The van der Waals surface area contributed by atoms with Crippen LogP contribution in [-0.4, -0.2) is 25.1 Å². The maximum Gasteiger partial charge on any atom is 0.191 e. The fraction of sp³-hybridized carbons (Fsp3) is 0.526. The van der Waals surface area contributed by atoms with E-state index in [9.17, 15) is 0 Å². The summed E-state index contributed by atoms with van der Waals surface area (Å²) in [4.78, 5) is 4.87. The summed E-state index contributed by atoms with van der Waals surface area (Å²) in [5.41, 5.74) is 1.84. The van der Waals surface area contributed by atoms with Gasteiger partial charge in [-0.1, -0.05) is 42.5 Å². The van der Waals surface area contributed by atoms with Crippen LogP contribution in [0.15, 0.2) is 47.5 Å². The van der Waals surface area contributed by atoms with Crippen molar-refractivity contribution in [3.05, 3.63) is 48.0 Å². The molecular formula is C19H28IN3. The Morgan fingerprint density at radius 3 is 2.48 bits per heavy atom. The first kappa shape index (κ1) is 18.3. The van der Waals surface area contributed by atoms with Crippen LogP contribution in [0.3, 0.4) is 0 Å². The van der Waals surface area contributed by atoms with Crippen LogP contribution in [0.25, 0.3) is 0 Å². The van der Waals surface area contributed by atoms with E-state index in [1.807, 2.05) is 0 Å². The molecule has 2 N–H and O–H groups in total. The summed E-state index contributed by atoms with van der Waals surface area (Å²) in [7, 11) is 0. The molecule has 0 bridgehead atoms. The van der Waals surface area contributed by atoms with E-state index >= 15 is 0 Å². The number of halogens is 1. The van der Waals surface area contributed by atoms with Gasteiger partial charge in [-0.15, -0.1) is 24.0 Å². The maximum atomic E-state index is 4.87. The Kier molecular flexibility index (Phi) is 6.93. The minimum absolute atomic E-state index is 0. The van der Waals surface area contributed by atoms with Crippen LogP contribution < -0.4 is 10.6 Å². The first-order valence-corrected chi connectivity index (χ1v) is 8.53. The van der Waals surface area contributed by atoms with E-state index in [0.717, 1.165) is 38.3 Å². The lowest BCUT2D eigenvalue weighted by Gasteiger charge is -2.18. The molecule has 0 atom stereocenters. The molecule has 3 nitrogen and oxygen atoms in total. The van der Waals surface area contributed by atoms with Crippen LogP contribution in [0.2, 0.25) is 0 Å². The zero-order valence-corrected chi connectivity index (χ0v) is 16.3.